The van der Waals surface area contributed by atoms with Crippen LogP contribution in [0.15, 0.2) is 48.5 Å². The Morgan fingerprint density at radius 1 is 1.03 bits per heavy atom. The number of rotatable bonds is 6. The van der Waals surface area contributed by atoms with Crippen molar-refractivity contribution >= 4 is 40.4 Å². The number of thiazole rings is 1. The quantitative estimate of drug-likeness (QED) is 0.421. The van der Waals surface area contributed by atoms with Gasteiger partial charge in [0.25, 0.3) is 5.91 Å². The molecule has 4 rings (SSSR count). The molecule has 0 radical (unpaired) electrons. The van der Waals surface area contributed by atoms with Crippen LogP contribution < -0.4 is 10.2 Å². The first-order valence-corrected chi connectivity index (χ1v) is 12.9. The van der Waals surface area contributed by atoms with Gasteiger partial charge in [0.05, 0.1) is 10.7 Å². The van der Waals surface area contributed by atoms with Crippen LogP contribution in [0.2, 0.25) is 5.02 Å². The van der Waals surface area contributed by atoms with Crippen LogP contribution in [0.25, 0.3) is 0 Å². The summed E-state index contributed by atoms with van der Waals surface area (Å²) in [5, 5.41) is 4.49. The van der Waals surface area contributed by atoms with E-state index in [1.807, 2.05) is 63.2 Å². The minimum Gasteiger partial charge on any atom is -0.351 e. The molecule has 1 heterocycles. The van der Waals surface area contributed by atoms with Crippen LogP contribution in [0.5, 0.6) is 0 Å². The maximum absolute atomic E-state index is 14.1. The lowest BCUT2D eigenvalue weighted by Gasteiger charge is -2.33. The average molecular weight is 496 g/mol. The first-order chi connectivity index (χ1) is 16.3. The van der Waals surface area contributed by atoms with Crippen LogP contribution in [0.4, 0.5) is 5.69 Å². The molecule has 3 aromatic rings. The van der Waals surface area contributed by atoms with Gasteiger partial charge in [-0.1, -0.05) is 66.8 Å². The third-order valence-corrected chi connectivity index (χ3v) is 7.69. The van der Waals surface area contributed by atoms with Crippen molar-refractivity contribution < 1.29 is 9.59 Å². The summed E-state index contributed by atoms with van der Waals surface area (Å²) < 4.78 is 0. The van der Waals surface area contributed by atoms with Crippen LogP contribution in [0.1, 0.15) is 69.6 Å². The molecule has 1 fully saturated rings. The highest BCUT2D eigenvalue weighted by atomic mass is 35.5. The van der Waals surface area contributed by atoms with Crippen LogP contribution in [0.3, 0.4) is 0 Å². The highest BCUT2D eigenvalue weighted by Crippen LogP contribution is 2.35. The molecule has 178 valence electrons. The Morgan fingerprint density at radius 3 is 2.32 bits per heavy atom. The molecule has 1 aliphatic carbocycles. The Balaban J connectivity index is 1.83. The number of aryl methyl sites for hydroxylation is 3. The highest BCUT2D eigenvalue weighted by Gasteiger charge is 2.37. The van der Waals surface area contributed by atoms with Crippen molar-refractivity contribution in [2.45, 2.75) is 65.0 Å². The smallest absolute Gasteiger partial charge is 0.271 e. The number of hydrogen-bond acceptors (Lipinski definition) is 4. The molecule has 1 aromatic heterocycles. The largest absolute Gasteiger partial charge is 0.351 e. The van der Waals surface area contributed by atoms with Crippen molar-refractivity contribution in [2.24, 2.45) is 0 Å². The number of benzene rings is 2. The maximum Gasteiger partial charge on any atom is 0.271 e. The van der Waals surface area contributed by atoms with Crippen molar-refractivity contribution in [1.82, 2.24) is 10.3 Å². The molecule has 1 unspecified atom stereocenters. The number of hydrogen-bond donors (Lipinski definition) is 1. The van der Waals surface area contributed by atoms with Crippen LogP contribution >= 0.6 is 22.9 Å². The predicted molar refractivity (Wildman–Crippen MR) is 139 cm³/mol. The van der Waals surface area contributed by atoms with Gasteiger partial charge < -0.3 is 5.32 Å². The fourth-order valence-corrected chi connectivity index (χ4v) is 5.65. The van der Waals surface area contributed by atoms with Gasteiger partial charge in [0.1, 0.15) is 10.9 Å². The SMILES string of the molecule is Cc1ccc(N(C(=O)c2sc(C)nc2C)C(C(=O)NC2CCCCC2)c2ccccc2Cl)cc1. The second-order valence-electron chi connectivity index (χ2n) is 8.93. The summed E-state index contributed by atoms with van der Waals surface area (Å²) in [6, 6.07) is 14.1. The van der Waals surface area contributed by atoms with E-state index in [2.05, 4.69) is 10.3 Å². The Hall–Kier alpha value is -2.70. The molecule has 0 bridgehead atoms. The number of amides is 2. The number of anilines is 1. The molecule has 0 aliphatic heterocycles. The zero-order chi connectivity index (χ0) is 24.2. The van der Waals surface area contributed by atoms with E-state index in [0.717, 1.165) is 36.3 Å². The van der Waals surface area contributed by atoms with Gasteiger partial charge in [-0.05, 0) is 51.8 Å². The van der Waals surface area contributed by atoms with Crippen LogP contribution in [-0.2, 0) is 4.79 Å². The van der Waals surface area contributed by atoms with Gasteiger partial charge in [0.2, 0.25) is 5.91 Å². The van der Waals surface area contributed by atoms with Gasteiger partial charge >= 0.3 is 0 Å². The molecule has 0 saturated heterocycles. The molecule has 1 atom stereocenters. The van der Waals surface area contributed by atoms with E-state index >= 15 is 0 Å². The number of carbonyl (C=O) groups excluding carboxylic acids is 2. The average Bonchev–Trinajstić information content (AvgIpc) is 3.17. The van der Waals surface area contributed by atoms with Gasteiger partial charge in [-0.25, -0.2) is 4.98 Å². The molecule has 1 N–H and O–H groups in total. The molecule has 2 aromatic carbocycles. The van der Waals surface area contributed by atoms with E-state index in [0.29, 0.717) is 26.8 Å². The molecule has 1 aliphatic rings. The molecule has 2 amide bonds. The second kappa shape index (κ2) is 10.7. The second-order valence-corrected chi connectivity index (χ2v) is 10.5. The first-order valence-electron chi connectivity index (χ1n) is 11.7. The van der Waals surface area contributed by atoms with Crippen molar-refractivity contribution in [2.75, 3.05) is 4.90 Å². The molecule has 0 spiro atoms. The molecule has 7 heteroatoms. The Morgan fingerprint density at radius 2 is 1.71 bits per heavy atom. The lowest BCUT2D eigenvalue weighted by molar-refractivity contribution is -0.123. The summed E-state index contributed by atoms with van der Waals surface area (Å²) in [4.78, 5) is 34.5. The standard InChI is InChI=1S/C27H30ClN3O2S/c1-17-13-15-21(16-14-17)31(27(33)25-18(2)29-19(3)34-25)24(22-11-7-8-12-23(22)28)26(32)30-20-9-5-4-6-10-20/h7-8,11-16,20,24H,4-6,9-10H2,1-3H3,(H,30,32). The van der Waals surface area contributed by atoms with E-state index in [1.165, 1.54) is 17.8 Å². The fraction of sp³-hybridized carbons (Fsp3) is 0.370. The minimum absolute atomic E-state index is 0.105. The van der Waals surface area contributed by atoms with Crippen molar-refractivity contribution in [3.8, 4) is 0 Å². The van der Waals surface area contributed by atoms with Gasteiger partial charge in [0.15, 0.2) is 0 Å². The summed E-state index contributed by atoms with van der Waals surface area (Å²) in [5.74, 6) is -0.469. The molecular formula is C27H30ClN3O2S. The maximum atomic E-state index is 14.1. The van der Waals surface area contributed by atoms with Crippen molar-refractivity contribution in [1.29, 1.82) is 0 Å². The lowest BCUT2D eigenvalue weighted by Crippen LogP contribution is -2.47. The summed E-state index contributed by atoms with van der Waals surface area (Å²) in [5.41, 5.74) is 2.98. The van der Waals surface area contributed by atoms with Gasteiger partial charge in [0, 0.05) is 22.3 Å². The lowest BCUT2D eigenvalue weighted by atomic mass is 9.94. The number of aromatic nitrogens is 1. The van der Waals surface area contributed by atoms with Crippen molar-refractivity contribution in [3.63, 3.8) is 0 Å². The van der Waals surface area contributed by atoms with Gasteiger partial charge in [-0.3, -0.25) is 14.5 Å². The van der Waals surface area contributed by atoms with Crippen molar-refractivity contribution in [3.05, 3.63) is 80.3 Å². The third kappa shape index (κ3) is 5.34. The molecule has 34 heavy (non-hydrogen) atoms. The number of halogens is 1. The summed E-state index contributed by atoms with van der Waals surface area (Å²) in [7, 11) is 0. The van der Waals surface area contributed by atoms with E-state index < -0.39 is 6.04 Å². The fourth-order valence-electron chi connectivity index (χ4n) is 4.55. The first kappa shape index (κ1) is 24.4. The Bertz CT molecular complexity index is 1170. The zero-order valence-corrected chi connectivity index (χ0v) is 21.4. The normalized spacial score (nSPS) is 15.1. The van der Waals surface area contributed by atoms with Gasteiger partial charge in [-0.2, -0.15) is 0 Å². The molecular weight excluding hydrogens is 466 g/mol. The number of nitrogens with one attached hydrogen (secondary N) is 1. The zero-order valence-electron chi connectivity index (χ0n) is 19.8. The van der Waals surface area contributed by atoms with Crippen LogP contribution in [-0.4, -0.2) is 22.8 Å². The molecule has 5 nitrogen and oxygen atoms in total. The summed E-state index contributed by atoms with van der Waals surface area (Å²) >= 11 is 7.97. The highest BCUT2D eigenvalue weighted by molar-refractivity contribution is 7.13. The minimum atomic E-state index is -0.910. The topological polar surface area (TPSA) is 62.3 Å². The number of carbonyl (C=O) groups is 2. The van der Waals surface area contributed by atoms with Crippen LogP contribution in [0, 0.1) is 20.8 Å². The molecule has 1 saturated carbocycles. The third-order valence-electron chi connectivity index (χ3n) is 6.29. The van der Waals surface area contributed by atoms with E-state index in [1.54, 1.807) is 11.0 Å². The van der Waals surface area contributed by atoms with E-state index in [4.69, 9.17) is 11.6 Å². The summed E-state index contributed by atoms with van der Waals surface area (Å²) in [6.45, 7) is 5.70. The number of nitrogens with zero attached hydrogens (tertiary/aromatic N) is 2. The predicted octanol–water partition coefficient (Wildman–Crippen LogP) is 6.56. The Kier molecular flexibility index (Phi) is 7.69. The monoisotopic (exact) mass is 495 g/mol. The van der Waals surface area contributed by atoms with E-state index in [-0.39, 0.29) is 17.9 Å². The van der Waals surface area contributed by atoms with E-state index in [9.17, 15) is 9.59 Å². The van der Waals surface area contributed by atoms with Gasteiger partial charge in [-0.15, -0.1) is 11.3 Å². The summed E-state index contributed by atoms with van der Waals surface area (Å²) in [6.07, 6.45) is 5.29. The Labute approximate surface area is 210 Å².